The molecule has 2 atom stereocenters. The van der Waals surface area contributed by atoms with Gasteiger partial charge in [0.25, 0.3) is 5.91 Å². The molecule has 100 valence electrons. The highest BCUT2D eigenvalue weighted by Gasteiger charge is 2.23. The van der Waals surface area contributed by atoms with Gasteiger partial charge in [0.1, 0.15) is 5.82 Å². The average Bonchev–Trinajstić information content (AvgIpc) is 2.32. The fourth-order valence-corrected chi connectivity index (χ4v) is 2.12. The highest BCUT2D eigenvalue weighted by Crippen LogP contribution is 2.12. The molecule has 2 N–H and O–H groups in total. The minimum absolute atomic E-state index is 0. The maximum Gasteiger partial charge on any atom is 0.254 e. The van der Waals surface area contributed by atoms with Gasteiger partial charge in [-0.15, -0.1) is 12.4 Å². The molecule has 0 spiro atoms. The van der Waals surface area contributed by atoms with Crippen LogP contribution >= 0.6 is 12.4 Å². The van der Waals surface area contributed by atoms with Crippen LogP contribution in [-0.2, 0) is 0 Å². The number of benzene rings is 1. The first-order chi connectivity index (χ1) is 8.18. The Balaban J connectivity index is 0.00000162. The fraction of sp³-hybridized carbons (Fsp3) is 0.462. The van der Waals surface area contributed by atoms with Gasteiger partial charge < -0.3 is 10.6 Å². The highest BCUT2D eigenvalue weighted by atomic mass is 35.5. The van der Waals surface area contributed by atoms with E-state index in [0.29, 0.717) is 5.92 Å². The number of carbonyl (C=O) groups is 1. The van der Waals surface area contributed by atoms with Crippen LogP contribution in [0.5, 0.6) is 0 Å². The van der Waals surface area contributed by atoms with Crippen LogP contribution in [0.4, 0.5) is 4.39 Å². The molecule has 2 unspecified atom stereocenters. The van der Waals surface area contributed by atoms with Crippen LogP contribution in [0.3, 0.4) is 0 Å². The molecule has 5 heteroatoms. The molecule has 2 rings (SSSR count). The zero-order valence-corrected chi connectivity index (χ0v) is 11.1. The van der Waals surface area contributed by atoms with Crippen molar-refractivity contribution >= 4 is 18.3 Å². The Hall–Kier alpha value is -1.13. The molecule has 1 amide bonds. The normalized spacial score (nSPS) is 23.0. The van der Waals surface area contributed by atoms with E-state index in [1.165, 1.54) is 12.1 Å². The van der Waals surface area contributed by atoms with Crippen molar-refractivity contribution in [3.8, 4) is 0 Å². The van der Waals surface area contributed by atoms with Crippen molar-refractivity contribution in [2.24, 2.45) is 5.92 Å². The summed E-state index contributed by atoms with van der Waals surface area (Å²) in [6, 6.07) is 6.20. The van der Waals surface area contributed by atoms with E-state index in [4.69, 9.17) is 0 Å². The Morgan fingerprint density at radius 2 is 2.17 bits per heavy atom. The van der Waals surface area contributed by atoms with Gasteiger partial charge in [-0.25, -0.2) is 4.39 Å². The SMILES string of the molecule is CC1CNCCC1NC(=O)c1ccccc1F.Cl. The lowest BCUT2D eigenvalue weighted by Gasteiger charge is -2.30. The third kappa shape index (κ3) is 3.43. The van der Waals surface area contributed by atoms with E-state index in [1.54, 1.807) is 12.1 Å². The van der Waals surface area contributed by atoms with E-state index in [2.05, 4.69) is 17.6 Å². The highest BCUT2D eigenvalue weighted by molar-refractivity contribution is 5.94. The molecule has 1 aromatic carbocycles. The molecule has 1 aliphatic rings. The van der Waals surface area contributed by atoms with Crippen LogP contribution in [0.2, 0.25) is 0 Å². The molecule has 0 aromatic heterocycles. The summed E-state index contributed by atoms with van der Waals surface area (Å²) in [5.74, 6) is -0.409. The van der Waals surface area contributed by atoms with E-state index in [1.807, 2.05) is 0 Å². The van der Waals surface area contributed by atoms with Crippen molar-refractivity contribution in [3.05, 3.63) is 35.6 Å². The quantitative estimate of drug-likeness (QED) is 0.864. The molecular weight excluding hydrogens is 255 g/mol. The maximum atomic E-state index is 13.4. The van der Waals surface area contributed by atoms with E-state index < -0.39 is 5.82 Å². The first kappa shape index (κ1) is 14.9. The van der Waals surface area contributed by atoms with E-state index in [9.17, 15) is 9.18 Å². The van der Waals surface area contributed by atoms with Gasteiger partial charge in [-0.05, 0) is 37.6 Å². The standard InChI is InChI=1S/C13H17FN2O.ClH/c1-9-8-15-7-6-12(9)16-13(17)10-4-2-3-5-11(10)14;/h2-5,9,12,15H,6-8H2,1H3,(H,16,17);1H. The lowest BCUT2D eigenvalue weighted by Crippen LogP contribution is -2.48. The summed E-state index contributed by atoms with van der Waals surface area (Å²) in [7, 11) is 0. The molecule has 0 aliphatic carbocycles. The summed E-state index contributed by atoms with van der Waals surface area (Å²) in [6.07, 6.45) is 0.890. The number of halogens is 2. The van der Waals surface area contributed by atoms with Gasteiger partial charge in [-0.2, -0.15) is 0 Å². The zero-order chi connectivity index (χ0) is 12.3. The number of nitrogens with one attached hydrogen (secondary N) is 2. The van der Waals surface area contributed by atoms with Gasteiger partial charge in [-0.3, -0.25) is 4.79 Å². The Morgan fingerprint density at radius 3 is 2.83 bits per heavy atom. The van der Waals surface area contributed by atoms with Crippen molar-refractivity contribution in [1.82, 2.24) is 10.6 Å². The monoisotopic (exact) mass is 272 g/mol. The number of piperidine rings is 1. The van der Waals surface area contributed by atoms with Crippen molar-refractivity contribution < 1.29 is 9.18 Å². The Morgan fingerprint density at radius 1 is 1.44 bits per heavy atom. The Kier molecular flexibility index (Phi) is 5.56. The summed E-state index contributed by atoms with van der Waals surface area (Å²) in [5, 5.41) is 6.17. The number of carbonyl (C=O) groups excluding carboxylic acids is 1. The molecule has 1 heterocycles. The fourth-order valence-electron chi connectivity index (χ4n) is 2.12. The zero-order valence-electron chi connectivity index (χ0n) is 10.3. The molecule has 18 heavy (non-hydrogen) atoms. The van der Waals surface area contributed by atoms with Crippen LogP contribution in [0.15, 0.2) is 24.3 Å². The van der Waals surface area contributed by atoms with E-state index in [0.717, 1.165) is 19.5 Å². The molecule has 1 fully saturated rings. The second-order valence-corrected chi connectivity index (χ2v) is 4.53. The lowest BCUT2D eigenvalue weighted by molar-refractivity contribution is 0.0910. The predicted octanol–water partition coefficient (Wildman–Crippen LogP) is 1.98. The largest absolute Gasteiger partial charge is 0.349 e. The van der Waals surface area contributed by atoms with E-state index in [-0.39, 0.29) is 29.9 Å². The van der Waals surface area contributed by atoms with Gasteiger partial charge >= 0.3 is 0 Å². The third-order valence-electron chi connectivity index (χ3n) is 3.22. The number of hydrogen-bond donors (Lipinski definition) is 2. The average molecular weight is 273 g/mol. The van der Waals surface area contributed by atoms with Crippen LogP contribution in [0.1, 0.15) is 23.7 Å². The molecular formula is C13H18ClFN2O. The van der Waals surface area contributed by atoms with E-state index >= 15 is 0 Å². The summed E-state index contributed by atoms with van der Waals surface area (Å²) in [6.45, 7) is 3.87. The molecule has 0 saturated carbocycles. The molecule has 1 aliphatic heterocycles. The second-order valence-electron chi connectivity index (χ2n) is 4.53. The first-order valence-electron chi connectivity index (χ1n) is 5.94. The van der Waals surface area contributed by atoms with Crippen LogP contribution < -0.4 is 10.6 Å². The van der Waals surface area contributed by atoms with Gasteiger partial charge in [0.15, 0.2) is 0 Å². The van der Waals surface area contributed by atoms with Gasteiger partial charge in [0.2, 0.25) is 0 Å². The first-order valence-corrected chi connectivity index (χ1v) is 5.94. The summed E-state index contributed by atoms with van der Waals surface area (Å²) < 4.78 is 13.4. The smallest absolute Gasteiger partial charge is 0.254 e. The van der Waals surface area contributed by atoms with Crippen molar-refractivity contribution in [2.45, 2.75) is 19.4 Å². The maximum absolute atomic E-state index is 13.4. The van der Waals surface area contributed by atoms with Crippen LogP contribution in [-0.4, -0.2) is 25.0 Å². The van der Waals surface area contributed by atoms with Crippen molar-refractivity contribution in [3.63, 3.8) is 0 Å². The Labute approximate surface area is 113 Å². The topological polar surface area (TPSA) is 41.1 Å². The molecule has 0 radical (unpaired) electrons. The van der Waals surface area contributed by atoms with Crippen LogP contribution in [0, 0.1) is 11.7 Å². The second kappa shape index (κ2) is 6.71. The molecule has 1 saturated heterocycles. The number of hydrogen-bond acceptors (Lipinski definition) is 2. The minimum atomic E-state index is -0.466. The predicted molar refractivity (Wildman–Crippen MR) is 71.6 cm³/mol. The van der Waals surface area contributed by atoms with Crippen molar-refractivity contribution in [2.75, 3.05) is 13.1 Å². The molecule has 1 aromatic rings. The van der Waals surface area contributed by atoms with Crippen molar-refractivity contribution in [1.29, 1.82) is 0 Å². The summed E-state index contributed by atoms with van der Waals surface area (Å²) >= 11 is 0. The van der Waals surface area contributed by atoms with Gasteiger partial charge in [0.05, 0.1) is 5.56 Å². The number of rotatable bonds is 2. The van der Waals surface area contributed by atoms with Gasteiger partial charge in [-0.1, -0.05) is 19.1 Å². The summed E-state index contributed by atoms with van der Waals surface area (Å²) in [4.78, 5) is 11.9. The molecule has 3 nitrogen and oxygen atoms in total. The third-order valence-corrected chi connectivity index (χ3v) is 3.22. The Bertz CT molecular complexity index is 414. The molecule has 0 bridgehead atoms. The number of amides is 1. The summed E-state index contributed by atoms with van der Waals surface area (Å²) in [5.41, 5.74) is 0.123. The lowest BCUT2D eigenvalue weighted by atomic mass is 9.95. The van der Waals surface area contributed by atoms with Gasteiger partial charge in [0, 0.05) is 6.04 Å². The minimum Gasteiger partial charge on any atom is -0.349 e. The van der Waals surface area contributed by atoms with Crippen LogP contribution in [0.25, 0.3) is 0 Å².